The van der Waals surface area contributed by atoms with Crippen LogP contribution in [0.5, 0.6) is 5.75 Å². The van der Waals surface area contributed by atoms with Crippen molar-refractivity contribution in [3.63, 3.8) is 0 Å². The van der Waals surface area contributed by atoms with Gasteiger partial charge in [0.2, 0.25) is 0 Å². The molecule has 104 valence electrons. The van der Waals surface area contributed by atoms with Gasteiger partial charge in [-0.3, -0.25) is 0 Å². The average molecular weight is 294 g/mol. The van der Waals surface area contributed by atoms with Gasteiger partial charge < -0.3 is 20.9 Å². The highest BCUT2D eigenvalue weighted by molar-refractivity contribution is 6.33. The van der Waals surface area contributed by atoms with E-state index in [9.17, 15) is 4.79 Å². The molecule has 1 aromatic heterocycles. The number of aromatic carboxylic acids is 1. The van der Waals surface area contributed by atoms with E-state index in [1.165, 1.54) is 19.4 Å². The second-order valence-electron chi connectivity index (χ2n) is 3.90. The molecule has 0 atom stereocenters. The minimum atomic E-state index is -1.12. The molecule has 7 heteroatoms. The Labute approximate surface area is 120 Å². The minimum absolute atomic E-state index is 0.0264. The number of carboxylic acids is 1. The van der Waals surface area contributed by atoms with E-state index in [1.807, 2.05) is 0 Å². The first-order valence-electron chi connectivity index (χ1n) is 5.61. The maximum absolute atomic E-state index is 11.0. The van der Waals surface area contributed by atoms with E-state index in [0.717, 1.165) is 0 Å². The molecule has 6 nitrogen and oxygen atoms in total. The van der Waals surface area contributed by atoms with Gasteiger partial charge in [0.1, 0.15) is 5.75 Å². The lowest BCUT2D eigenvalue weighted by Crippen LogP contribution is -2.07. The monoisotopic (exact) mass is 293 g/mol. The fraction of sp³-hybridized carbons (Fsp3) is 0.0769. The molecule has 0 saturated heterocycles. The summed E-state index contributed by atoms with van der Waals surface area (Å²) >= 11 is 6.05. The van der Waals surface area contributed by atoms with Crippen molar-refractivity contribution in [2.24, 2.45) is 0 Å². The number of aromatic nitrogens is 1. The summed E-state index contributed by atoms with van der Waals surface area (Å²) in [4.78, 5) is 15.0. The largest absolute Gasteiger partial charge is 0.497 e. The van der Waals surface area contributed by atoms with E-state index in [2.05, 4.69) is 10.3 Å². The van der Waals surface area contributed by atoms with Gasteiger partial charge in [-0.25, -0.2) is 9.78 Å². The van der Waals surface area contributed by atoms with Crippen LogP contribution in [0.25, 0.3) is 0 Å². The van der Waals surface area contributed by atoms with Gasteiger partial charge in [-0.2, -0.15) is 0 Å². The number of nitrogens with zero attached hydrogens (tertiary/aromatic N) is 1. The molecule has 0 radical (unpaired) electrons. The van der Waals surface area contributed by atoms with Gasteiger partial charge in [-0.1, -0.05) is 11.6 Å². The molecule has 1 aromatic carbocycles. The number of benzene rings is 1. The van der Waals surface area contributed by atoms with Crippen molar-refractivity contribution in [3.8, 4) is 5.75 Å². The molecule has 0 fully saturated rings. The van der Waals surface area contributed by atoms with Gasteiger partial charge in [0.15, 0.2) is 5.82 Å². The smallest absolute Gasteiger partial charge is 0.337 e. The molecule has 0 aliphatic rings. The quantitative estimate of drug-likeness (QED) is 0.802. The third-order valence-electron chi connectivity index (χ3n) is 2.65. The van der Waals surface area contributed by atoms with Crippen molar-refractivity contribution in [2.45, 2.75) is 0 Å². The number of carboxylic acid groups (broad SMARTS) is 1. The molecule has 2 aromatic rings. The fourth-order valence-corrected chi connectivity index (χ4v) is 1.78. The van der Waals surface area contributed by atoms with Crippen molar-refractivity contribution in [3.05, 3.63) is 41.0 Å². The number of pyridine rings is 1. The molecule has 0 bridgehead atoms. The van der Waals surface area contributed by atoms with Gasteiger partial charge in [0, 0.05) is 12.3 Å². The van der Waals surface area contributed by atoms with Crippen LogP contribution in [0.3, 0.4) is 0 Å². The SMILES string of the molecule is COc1ccc(Cl)c(Nc2nccc(C(=O)O)c2N)c1. The second kappa shape index (κ2) is 5.66. The van der Waals surface area contributed by atoms with Gasteiger partial charge in [-0.15, -0.1) is 0 Å². The molecule has 1 heterocycles. The number of hydrogen-bond donors (Lipinski definition) is 3. The molecule has 4 N–H and O–H groups in total. The number of hydrogen-bond acceptors (Lipinski definition) is 5. The lowest BCUT2D eigenvalue weighted by atomic mass is 10.2. The summed E-state index contributed by atoms with van der Waals surface area (Å²) < 4.78 is 5.10. The summed E-state index contributed by atoms with van der Waals surface area (Å²) in [6, 6.07) is 6.35. The summed E-state index contributed by atoms with van der Waals surface area (Å²) in [5.74, 6) is -0.297. The van der Waals surface area contributed by atoms with Crippen LogP contribution in [0.2, 0.25) is 5.02 Å². The number of ether oxygens (including phenoxy) is 1. The zero-order valence-electron chi connectivity index (χ0n) is 10.6. The van der Waals surface area contributed by atoms with E-state index < -0.39 is 5.97 Å². The first kappa shape index (κ1) is 14.0. The number of rotatable bonds is 4. The number of nitrogen functional groups attached to an aromatic ring is 1. The Morgan fingerprint density at radius 1 is 1.45 bits per heavy atom. The van der Waals surface area contributed by atoms with Crippen LogP contribution in [-0.2, 0) is 0 Å². The molecule has 20 heavy (non-hydrogen) atoms. The third-order valence-corrected chi connectivity index (χ3v) is 2.98. The molecular formula is C13H12ClN3O3. The summed E-state index contributed by atoms with van der Waals surface area (Å²) in [6.45, 7) is 0. The highest BCUT2D eigenvalue weighted by Gasteiger charge is 2.13. The van der Waals surface area contributed by atoms with Crippen molar-refractivity contribution in [1.82, 2.24) is 4.98 Å². The van der Waals surface area contributed by atoms with E-state index in [-0.39, 0.29) is 17.1 Å². The molecule has 0 saturated carbocycles. The van der Waals surface area contributed by atoms with Crippen molar-refractivity contribution in [1.29, 1.82) is 0 Å². The van der Waals surface area contributed by atoms with E-state index >= 15 is 0 Å². The first-order chi connectivity index (χ1) is 9.52. The van der Waals surface area contributed by atoms with Crippen LogP contribution in [0.15, 0.2) is 30.5 Å². The lowest BCUT2D eigenvalue weighted by molar-refractivity contribution is 0.0698. The third kappa shape index (κ3) is 2.75. The summed E-state index contributed by atoms with van der Waals surface area (Å²) in [5.41, 5.74) is 6.31. The molecular weight excluding hydrogens is 282 g/mol. The van der Waals surface area contributed by atoms with E-state index in [1.54, 1.807) is 18.2 Å². The molecule has 0 unspecified atom stereocenters. The predicted octanol–water partition coefficient (Wildman–Crippen LogP) is 2.77. The highest BCUT2D eigenvalue weighted by atomic mass is 35.5. The number of halogens is 1. The summed E-state index contributed by atoms with van der Waals surface area (Å²) in [7, 11) is 1.53. The zero-order chi connectivity index (χ0) is 14.7. The Morgan fingerprint density at radius 3 is 2.85 bits per heavy atom. The van der Waals surface area contributed by atoms with Crippen LogP contribution in [-0.4, -0.2) is 23.2 Å². The molecule has 0 spiro atoms. The summed E-state index contributed by atoms with van der Waals surface area (Å²) in [5, 5.41) is 12.3. The molecule has 0 amide bonds. The Kier molecular flexibility index (Phi) is 3.95. The maximum atomic E-state index is 11.0. The number of nitrogens with two attached hydrogens (primary N) is 1. The molecule has 0 aliphatic heterocycles. The van der Waals surface area contributed by atoms with Crippen molar-refractivity contribution >= 4 is 34.8 Å². The normalized spacial score (nSPS) is 10.1. The first-order valence-corrected chi connectivity index (χ1v) is 5.99. The Morgan fingerprint density at radius 2 is 2.20 bits per heavy atom. The zero-order valence-corrected chi connectivity index (χ0v) is 11.3. The number of carbonyl (C=O) groups is 1. The van der Waals surface area contributed by atoms with E-state index in [4.69, 9.17) is 27.2 Å². The van der Waals surface area contributed by atoms with Gasteiger partial charge in [0.25, 0.3) is 0 Å². The molecule has 2 rings (SSSR count). The Balaban J connectivity index is 2.40. The van der Waals surface area contributed by atoms with Gasteiger partial charge in [-0.05, 0) is 18.2 Å². The summed E-state index contributed by atoms with van der Waals surface area (Å²) in [6.07, 6.45) is 1.36. The Bertz CT molecular complexity index is 661. The maximum Gasteiger partial charge on any atom is 0.337 e. The predicted molar refractivity (Wildman–Crippen MR) is 76.9 cm³/mol. The van der Waals surface area contributed by atoms with Gasteiger partial charge >= 0.3 is 5.97 Å². The Hall–Kier alpha value is -2.47. The molecule has 0 aliphatic carbocycles. The number of nitrogens with one attached hydrogen (secondary N) is 1. The van der Waals surface area contributed by atoms with Crippen LogP contribution in [0.4, 0.5) is 17.2 Å². The second-order valence-corrected chi connectivity index (χ2v) is 4.30. The van der Waals surface area contributed by atoms with Crippen LogP contribution in [0.1, 0.15) is 10.4 Å². The van der Waals surface area contributed by atoms with Crippen LogP contribution < -0.4 is 15.8 Å². The van der Waals surface area contributed by atoms with Gasteiger partial charge in [0.05, 0.1) is 29.1 Å². The topological polar surface area (TPSA) is 97.5 Å². The van der Waals surface area contributed by atoms with Crippen LogP contribution >= 0.6 is 11.6 Å². The van der Waals surface area contributed by atoms with E-state index in [0.29, 0.717) is 16.5 Å². The van der Waals surface area contributed by atoms with Crippen molar-refractivity contribution < 1.29 is 14.6 Å². The van der Waals surface area contributed by atoms with Crippen molar-refractivity contribution in [2.75, 3.05) is 18.2 Å². The average Bonchev–Trinajstić information content (AvgIpc) is 2.43. The highest BCUT2D eigenvalue weighted by Crippen LogP contribution is 2.31. The van der Waals surface area contributed by atoms with Crippen LogP contribution in [0, 0.1) is 0 Å². The minimum Gasteiger partial charge on any atom is -0.497 e. The standard InChI is InChI=1S/C13H12ClN3O3/c1-20-7-2-3-9(14)10(6-7)17-12-11(15)8(13(18)19)4-5-16-12/h2-6H,15H2,1H3,(H,16,17)(H,18,19). The fourth-order valence-electron chi connectivity index (χ4n) is 1.61. The number of anilines is 3. The number of methoxy groups -OCH3 is 1. The lowest BCUT2D eigenvalue weighted by Gasteiger charge is -2.12.